The topological polar surface area (TPSA) is 103 Å². The lowest BCUT2D eigenvalue weighted by Crippen LogP contribution is -2.33. The summed E-state index contributed by atoms with van der Waals surface area (Å²) in [5.41, 5.74) is 2.91. The maximum absolute atomic E-state index is 14.2. The minimum absolute atomic E-state index is 0.0124. The van der Waals surface area contributed by atoms with Crippen LogP contribution >= 0.6 is 0 Å². The first-order valence-corrected chi connectivity index (χ1v) is 9.34. The third-order valence-corrected chi connectivity index (χ3v) is 5.29. The van der Waals surface area contributed by atoms with Gasteiger partial charge in [0.1, 0.15) is 17.5 Å². The fourth-order valence-corrected chi connectivity index (χ4v) is 3.81. The van der Waals surface area contributed by atoms with Crippen LogP contribution in [0.3, 0.4) is 0 Å². The average molecular weight is 448 g/mol. The first kappa shape index (κ1) is 21.5. The van der Waals surface area contributed by atoms with Gasteiger partial charge in [0, 0.05) is 42.5 Å². The molecule has 0 aliphatic carbocycles. The molecule has 0 fully saturated rings. The van der Waals surface area contributed by atoms with Crippen LogP contribution in [0, 0.1) is 5.82 Å². The van der Waals surface area contributed by atoms with Crippen molar-refractivity contribution in [2.24, 2.45) is 12.8 Å². The van der Waals surface area contributed by atoms with Gasteiger partial charge in [-0.2, -0.15) is 13.2 Å². The molecule has 4 aromatic rings. The van der Waals surface area contributed by atoms with E-state index in [0.717, 1.165) is 22.8 Å². The highest BCUT2D eigenvalue weighted by molar-refractivity contribution is 5.92. The minimum atomic E-state index is -4.97. The van der Waals surface area contributed by atoms with E-state index in [1.165, 1.54) is 36.0 Å². The lowest BCUT2D eigenvalue weighted by Gasteiger charge is -2.19. The Kier molecular flexibility index (Phi) is 5.00. The summed E-state index contributed by atoms with van der Waals surface area (Å²) in [5.74, 6) is -2.12. The Labute approximate surface area is 177 Å². The zero-order chi connectivity index (χ0) is 23.4. The molecule has 1 aromatic carbocycles. The zero-order valence-electron chi connectivity index (χ0n) is 16.5. The van der Waals surface area contributed by atoms with Crippen molar-refractivity contribution in [2.45, 2.75) is 18.6 Å². The number of imidazole rings is 1. The van der Waals surface area contributed by atoms with Crippen LogP contribution in [0.25, 0.3) is 27.7 Å². The summed E-state index contributed by atoms with van der Waals surface area (Å²) < 4.78 is 58.9. The molecule has 1 atom stereocenters. The van der Waals surface area contributed by atoms with Gasteiger partial charge in [-0.25, -0.2) is 9.37 Å². The van der Waals surface area contributed by atoms with Crippen LogP contribution in [-0.2, 0) is 24.4 Å². The molecular formula is C21H16F4N4O3. The van der Waals surface area contributed by atoms with Gasteiger partial charge in [-0.3, -0.25) is 9.59 Å². The molecule has 0 saturated heterocycles. The SMILES string of the molecule is Cn1c(=O)c(-c2ccc(CC(N)C(=O)O)n3ccnc23)c(C(F)(F)F)c2cc(F)ccc21. The maximum atomic E-state index is 14.2. The van der Waals surface area contributed by atoms with E-state index in [1.54, 1.807) is 0 Å². The number of nitrogens with two attached hydrogens (primary N) is 1. The van der Waals surface area contributed by atoms with E-state index in [2.05, 4.69) is 4.98 Å². The van der Waals surface area contributed by atoms with Crippen LogP contribution in [0.15, 0.2) is 47.5 Å². The van der Waals surface area contributed by atoms with Crippen molar-refractivity contribution in [3.8, 4) is 11.1 Å². The van der Waals surface area contributed by atoms with Crippen molar-refractivity contribution in [3.05, 3.63) is 70.2 Å². The number of fused-ring (bicyclic) bond motifs is 2. The molecule has 4 rings (SSSR count). The van der Waals surface area contributed by atoms with E-state index in [9.17, 15) is 27.2 Å². The van der Waals surface area contributed by atoms with Crippen LogP contribution < -0.4 is 11.3 Å². The summed E-state index contributed by atoms with van der Waals surface area (Å²) in [6.07, 6.45) is -2.34. The van der Waals surface area contributed by atoms with Gasteiger partial charge in [-0.15, -0.1) is 0 Å². The molecule has 0 aliphatic heterocycles. The fraction of sp³-hybridized carbons (Fsp3) is 0.190. The predicted octanol–water partition coefficient (Wildman–Crippen LogP) is 2.97. The summed E-state index contributed by atoms with van der Waals surface area (Å²) in [6.45, 7) is 0. The van der Waals surface area contributed by atoms with Gasteiger partial charge < -0.3 is 19.8 Å². The van der Waals surface area contributed by atoms with Crippen LogP contribution in [0.2, 0.25) is 0 Å². The molecule has 1 unspecified atom stereocenters. The molecule has 11 heteroatoms. The number of benzene rings is 1. The van der Waals surface area contributed by atoms with E-state index in [1.807, 2.05) is 0 Å². The predicted molar refractivity (Wildman–Crippen MR) is 108 cm³/mol. The number of aryl methyl sites for hydroxylation is 1. The van der Waals surface area contributed by atoms with Crippen molar-refractivity contribution in [1.29, 1.82) is 0 Å². The third-order valence-electron chi connectivity index (χ3n) is 5.29. The summed E-state index contributed by atoms with van der Waals surface area (Å²) in [6, 6.07) is 4.26. The second-order valence-corrected chi connectivity index (χ2v) is 7.28. The highest BCUT2D eigenvalue weighted by Crippen LogP contribution is 2.41. The molecule has 7 nitrogen and oxygen atoms in total. The summed E-state index contributed by atoms with van der Waals surface area (Å²) in [5, 5.41) is 8.60. The molecule has 0 bridgehead atoms. The van der Waals surface area contributed by atoms with Gasteiger partial charge in [0.05, 0.1) is 16.6 Å². The molecule has 3 aromatic heterocycles. The normalized spacial score (nSPS) is 13.1. The molecule has 3 heterocycles. The van der Waals surface area contributed by atoms with Crippen molar-refractivity contribution in [3.63, 3.8) is 0 Å². The smallest absolute Gasteiger partial charge is 0.417 e. The second-order valence-electron chi connectivity index (χ2n) is 7.28. The minimum Gasteiger partial charge on any atom is -0.480 e. The molecule has 32 heavy (non-hydrogen) atoms. The first-order valence-electron chi connectivity index (χ1n) is 9.34. The van der Waals surface area contributed by atoms with Crippen LogP contribution in [0.5, 0.6) is 0 Å². The Morgan fingerprint density at radius 2 is 1.97 bits per heavy atom. The standard InChI is InChI=1S/C21H16F4N4O3/c1-28-15-5-2-10(22)8-13(15)17(21(23,24)25)16(19(28)30)12-4-3-11(9-14(26)20(31)32)29-7-6-27-18(12)29/h2-8,14H,9,26H2,1H3,(H,31,32). The first-order chi connectivity index (χ1) is 15.0. The molecular weight excluding hydrogens is 432 g/mol. The Balaban J connectivity index is 2.09. The monoisotopic (exact) mass is 448 g/mol. The number of hydrogen-bond acceptors (Lipinski definition) is 4. The number of carboxylic acid groups (broad SMARTS) is 1. The number of aromatic nitrogens is 3. The molecule has 0 saturated carbocycles. The number of alkyl halides is 3. The van der Waals surface area contributed by atoms with Crippen molar-refractivity contribution < 1.29 is 27.5 Å². The van der Waals surface area contributed by atoms with Crippen LogP contribution in [0.1, 0.15) is 11.3 Å². The van der Waals surface area contributed by atoms with Crippen LogP contribution in [0.4, 0.5) is 17.6 Å². The van der Waals surface area contributed by atoms with Crippen molar-refractivity contribution >= 4 is 22.5 Å². The summed E-state index contributed by atoms with van der Waals surface area (Å²) in [7, 11) is 1.30. The number of rotatable bonds is 4. The highest BCUT2D eigenvalue weighted by Gasteiger charge is 2.39. The van der Waals surface area contributed by atoms with E-state index in [4.69, 9.17) is 10.8 Å². The quantitative estimate of drug-likeness (QED) is 0.468. The molecule has 0 amide bonds. The lowest BCUT2D eigenvalue weighted by molar-refractivity contribution is -0.138. The van der Waals surface area contributed by atoms with E-state index >= 15 is 0 Å². The number of halogens is 4. The van der Waals surface area contributed by atoms with Gasteiger partial charge in [0.25, 0.3) is 5.56 Å². The molecule has 0 radical (unpaired) electrons. The number of carboxylic acids is 1. The van der Waals surface area contributed by atoms with Gasteiger partial charge in [0.2, 0.25) is 0 Å². The van der Waals surface area contributed by atoms with Crippen LogP contribution in [-0.4, -0.2) is 31.1 Å². The number of pyridine rings is 2. The highest BCUT2D eigenvalue weighted by atomic mass is 19.4. The van der Waals surface area contributed by atoms with E-state index in [0.29, 0.717) is 5.69 Å². The number of carbonyl (C=O) groups is 1. The second kappa shape index (κ2) is 7.45. The fourth-order valence-electron chi connectivity index (χ4n) is 3.81. The number of aliphatic carboxylic acids is 1. The van der Waals surface area contributed by atoms with E-state index in [-0.39, 0.29) is 23.1 Å². The van der Waals surface area contributed by atoms with Gasteiger partial charge in [-0.05, 0) is 30.3 Å². The summed E-state index contributed by atoms with van der Waals surface area (Å²) in [4.78, 5) is 28.3. The number of nitrogens with zero attached hydrogens (tertiary/aromatic N) is 3. The summed E-state index contributed by atoms with van der Waals surface area (Å²) >= 11 is 0. The molecule has 3 N–H and O–H groups in total. The van der Waals surface area contributed by atoms with Crippen molar-refractivity contribution in [1.82, 2.24) is 14.0 Å². The van der Waals surface area contributed by atoms with E-state index < -0.39 is 46.1 Å². The average Bonchev–Trinajstić information content (AvgIpc) is 3.20. The Morgan fingerprint density at radius 3 is 2.62 bits per heavy atom. The van der Waals surface area contributed by atoms with Gasteiger partial charge in [-0.1, -0.05) is 0 Å². The Bertz CT molecular complexity index is 1440. The molecule has 0 spiro atoms. The molecule has 166 valence electrons. The van der Waals surface area contributed by atoms with Crippen molar-refractivity contribution in [2.75, 3.05) is 0 Å². The van der Waals surface area contributed by atoms with Gasteiger partial charge in [0.15, 0.2) is 0 Å². The largest absolute Gasteiger partial charge is 0.480 e. The Morgan fingerprint density at radius 1 is 1.25 bits per heavy atom. The zero-order valence-corrected chi connectivity index (χ0v) is 16.5. The third kappa shape index (κ3) is 3.40. The number of hydrogen-bond donors (Lipinski definition) is 2. The van der Waals surface area contributed by atoms with Gasteiger partial charge >= 0.3 is 12.1 Å². The maximum Gasteiger partial charge on any atom is 0.417 e. The lowest BCUT2D eigenvalue weighted by atomic mass is 9.96. The Hall–Kier alpha value is -3.73. The molecule has 0 aliphatic rings.